The first kappa shape index (κ1) is 28.5. The van der Waals surface area contributed by atoms with Crippen molar-refractivity contribution in [1.29, 1.82) is 0 Å². The molecule has 1 heterocycles. The van der Waals surface area contributed by atoms with E-state index in [0.717, 1.165) is 31.6 Å². The summed E-state index contributed by atoms with van der Waals surface area (Å²) >= 11 is 0. The summed E-state index contributed by atoms with van der Waals surface area (Å²) in [5, 5.41) is 3.55. The number of halogens is 1. The van der Waals surface area contributed by atoms with Crippen molar-refractivity contribution in [1.82, 2.24) is 5.32 Å². The van der Waals surface area contributed by atoms with E-state index in [1.54, 1.807) is 26.4 Å². The van der Waals surface area contributed by atoms with Crippen LogP contribution in [0.25, 0.3) is 0 Å². The molecule has 2 unspecified atom stereocenters. The summed E-state index contributed by atoms with van der Waals surface area (Å²) in [7, 11) is 3.28. The molecule has 1 N–H and O–H groups in total. The van der Waals surface area contributed by atoms with Crippen molar-refractivity contribution in [2.75, 3.05) is 52.0 Å². The van der Waals surface area contributed by atoms with E-state index < -0.39 is 0 Å². The van der Waals surface area contributed by atoms with Gasteiger partial charge in [0.1, 0.15) is 0 Å². The number of nitrogens with zero attached hydrogens (tertiary/aromatic N) is 1. The number of para-hydroxylation sites is 1. The van der Waals surface area contributed by atoms with Crippen LogP contribution >= 0.6 is 12.4 Å². The number of hydrogen-bond acceptors (Lipinski definition) is 5. The number of ether oxygens (including phenoxy) is 3. The average molecular weight is 525 g/mol. The second kappa shape index (κ2) is 14.6. The Kier molecular flexibility index (Phi) is 11.3. The number of carbonyl (C=O) groups excluding carboxylic acids is 1. The van der Waals surface area contributed by atoms with Crippen molar-refractivity contribution in [3.8, 4) is 11.5 Å². The average Bonchev–Trinajstić information content (AvgIpc) is 3.36. The lowest BCUT2D eigenvalue weighted by molar-refractivity contribution is 0.0980. The van der Waals surface area contributed by atoms with Gasteiger partial charge in [-0.3, -0.25) is 4.79 Å². The summed E-state index contributed by atoms with van der Waals surface area (Å²) in [6, 6.07) is 25.9. The van der Waals surface area contributed by atoms with Crippen LogP contribution in [0.3, 0.4) is 0 Å². The second-order valence-corrected chi connectivity index (χ2v) is 9.18. The van der Waals surface area contributed by atoms with Crippen molar-refractivity contribution in [3.63, 3.8) is 0 Å². The first-order chi connectivity index (χ1) is 17.7. The molecule has 2 atom stereocenters. The van der Waals surface area contributed by atoms with Crippen LogP contribution in [0.1, 0.15) is 22.3 Å². The highest BCUT2D eigenvalue weighted by molar-refractivity contribution is 6.06. The zero-order valence-electron chi connectivity index (χ0n) is 21.6. The number of hydrogen-bond donors (Lipinski definition) is 1. The fourth-order valence-corrected chi connectivity index (χ4v) is 4.77. The van der Waals surface area contributed by atoms with Crippen LogP contribution in [-0.2, 0) is 11.2 Å². The molecule has 1 saturated heterocycles. The molecule has 4 rings (SSSR count). The van der Waals surface area contributed by atoms with Gasteiger partial charge in [0.25, 0.3) is 5.91 Å². The molecule has 198 valence electrons. The maximum atomic E-state index is 13.9. The summed E-state index contributed by atoms with van der Waals surface area (Å²) in [4.78, 5) is 15.8. The standard InChI is InChI=1S/C30H36N2O4.ClH/c1-34-16-9-17-36-29-19-24(14-15-28(29)35-2)30(33)32(27-12-7-4-8-13-27)22-26-21-31-20-25(26)18-23-10-5-3-6-11-23;/h3-8,10-15,19,25-26,31H,9,16-18,20-22H2,1-2H3;1H. The van der Waals surface area contributed by atoms with Crippen LogP contribution in [0.15, 0.2) is 78.9 Å². The van der Waals surface area contributed by atoms with Crippen LogP contribution in [0.2, 0.25) is 0 Å². The molecule has 1 amide bonds. The maximum Gasteiger partial charge on any atom is 0.258 e. The van der Waals surface area contributed by atoms with Crippen LogP contribution in [0.4, 0.5) is 5.69 Å². The van der Waals surface area contributed by atoms with Gasteiger partial charge in [-0.1, -0.05) is 48.5 Å². The molecule has 1 fully saturated rings. The van der Waals surface area contributed by atoms with Crippen LogP contribution in [0.5, 0.6) is 11.5 Å². The van der Waals surface area contributed by atoms with Gasteiger partial charge in [-0.05, 0) is 67.2 Å². The minimum absolute atomic E-state index is 0. The minimum atomic E-state index is -0.0454. The molecule has 3 aromatic carbocycles. The molecule has 6 nitrogen and oxygen atoms in total. The van der Waals surface area contributed by atoms with E-state index in [0.29, 0.717) is 48.7 Å². The SMILES string of the molecule is COCCCOc1cc(C(=O)N(CC2CNCC2Cc2ccccc2)c2ccccc2)ccc1OC.Cl. The molecular formula is C30H37ClN2O4. The third kappa shape index (κ3) is 7.71. The van der Waals surface area contributed by atoms with Crippen LogP contribution < -0.4 is 19.7 Å². The second-order valence-electron chi connectivity index (χ2n) is 9.18. The Morgan fingerprint density at radius 1 is 0.892 bits per heavy atom. The lowest BCUT2D eigenvalue weighted by Gasteiger charge is -2.29. The highest BCUT2D eigenvalue weighted by atomic mass is 35.5. The highest BCUT2D eigenvalue weighted by Gasteiger charge is 2.31. The van der Waals surface area contributed by atoms with Crippen molar-refractivity contribution in [2.45, 2.75) is 12.8 Å². The zero-order valence-corrected chi connectivity index (χ0v) is 22.4. The first-order valence-electron chi connectivity index (χ1n) is 12.6. The topological polar surface area (TPSA) is 60.0 Å². The van der Waals surface area contributed by atoms with E-state index in [1.165, 1.54) is 5.56 Å². The quantitative estimate of drug-likeness (QED) is 0.328. The predicted octanol–water partition coefficient (Wildman–Crippen LogP) is 5.26. The molecule has 1 aliphatic rings. The van der Waals surface area contributed by atoms with Gasteiger partial charge in [0.15, 0.2) is 11.5 Å². The molecule has 0 aromatic heterocycles. The molecule has 0 bridgehead atoms. The number of carbonyl (C=O) groups is 1. The Balaban J connectivity index is 0.00000380. The van der Waals surface area contributed by atoms with Crippen molar-refractivity contribution in [3.05, 3.63) is 90.0 Å². The molecule has 0 spiro atoms. The number of anilines is 1. The summed E-state index contributed by atoms with van der Waals surface area (Å²) in [5.74, 6) is 1.94. The summed E-state index contributed by atoms with van der Waals surface area (Å²) in [6.45, 7) is 3.59. The Hall–Kier alpha value is -3.06. The van der Waals surface area contributed by atoms with Crippen LogP contribution in [0, 0.1) is 11.8 Å². The number of methoxy groups -OCH3 is 2. The van der Waals surface area contributed by atoms with E-state index in [4.69, 9.17) is 14.2 Å². The van der Waals surface area contributed by atoms with Gasteiger partial charge in [-0.2, -0.15) is 0 Å². The van der Waals surface area contributed by atoms with E-state index in [-0.39, 0.29) is 18.3 Å². The maximum absolute atomic E-state index is 13.9. The molecule has 0 aliphatic carbocycles. The minimum Gasteiger partial charge on any atom is -0.493 e. The van der Waals surface area contributed by atoms with Gasteiger partial charge in [0.05, 0.1) is 13.7 Å². The van der Waals surface area contributed by atoms with Crippen molar-refractivity contribution in [2.24, 2.45) is 11.8 Å². The number of nitrogens with one attached hydrogen (secondary N) is 1. The molecule has 3 aromatic rings. The number of amides is 1. The van der Waals surface area contributed by atoms with E-state index in [9.17, 15) is 4.79 Å². The number of benzene rings is 3. The van der Waals surface area contributed by atoms with Crippen LogP contribution in [-0.4, -0.2) is 53.0 Å². The molecule has 1 aliphatic heterocycles. The Labute approximate surface area is 226 Å². The lowest BCUT2D eigenvalue weighted by Crippen LogP contribution is -2.38. The summed E-state index contributed by atoms with van der Waals surface area (Å²) in [6.07, 6.45) is 1.75. The molecule has 37 heavy (non-hydrogen) atoms. The van der Waals surface area contributed by atoms with Gasteiger partial charge >= 0.3 is 0 Å². The summed E-state index contributed by atoms with van der Waals surface area (Å²) < 4.78 is 16.5. The third-order valence-electron chi connectivity index (χ3n) is 6.71. The van der Waals surface area contributed by atoms with Crippen molar-refractivity contribution < 1.29 is 19.0 Å². The Morgan fingerprint density at radius 2 is 1.59 bits per heavy atom. The molecule has 0 radical (unpaired) electrons. The third-order valence-corrected chi connectivity index (χ3v) is 6.71. The van der Waals surface area contributed by atoms with Gasteiger partial charge < -0.3 is 24.4 Å². The molecular weight excluding hydrogens is 488 g/mol. The van der Waals surface area contributed by atoms with Gasteiger partial charge in [0.2, 0.25) is 0 Å². The van der Waals surface area contributed by atoms with Gasteiger partial charge in [0, 0.05) is 37.9 Å². The highest BCUT2D eigenvalue weighted by Crippen LogP contribution is 2.31. The van der Waals surface area contributed by atoms with E-state index >= 15 is 0 Å². The Morgan fingerprint density at radius 3 is 2.30 bits per heavy atom. The normalized spacial score (nSPS) is 16.6. The molecule has 7 heteroatoms. The fourth-order valence-electron chi connectivity index (χ4n) is 4.77. The zero-order chi connectivity index (χ0) is 25.2. The van der Waals surface area contributed by atoms with Gasteiger partial charge in [-0.15, -0.1) is 12.4 Å². The first-order valence-corrected chi connectivity index (χ1v) is 12.6. The fraction of sp³-hybridized carbons (Fsp3) is 0.367. The number of rotatable bonds is 12. The van der Waals surface area contributed by atoms with Gasteiger partial charge in [-0.25, -0.2) is 0 Å². The van der Waals surface area contributed by atoms with E-state index in [1.807, 2.05) is 47.4 Å². The van der Waals surface area contributed by atoms with E-state index in [2.05, 4.69) is 29.6 Å². The monoisotopic (exact) mass is 524 g/mol. The van der Waals surface area contributed by atoms with Crippen molar-refractivity contribution >= 4 is 24.0 Å². The molecule has 0 saturated carbocycles. The lowest BCUT2D eigenvalue weighted by atomic mass is 9.89. The Bertz CT molecular complexity index is 1100. The predicted molar refractivity (Wildman–Crippen MR) is 150 cm³/mol. The smallest absolute Gasteiger partial charge is 0.258 e. The largest absolute Gasteiger partial charge is 0.493 e. The summed E-state index contributed by atoms with van der Waals surface area (Å²) in [5.41, 5.74) is 2.80.